The number of rotatable bonds is 7. The van der Waals surface area contributed by atoms with Gasteiger partial charge in [0, 0.05) is 23.8 Å². The van der Waals surface area contributed by atoms with Gasteiger partial charge in [0.15, 0.2) is 0 Å². The van der Waals surface area contributed by atoms with Gasteiger partial charge in [0.25, 0.3) is 5.91 Å². The van der Waals surface area contributed by atoms with Crippen molar-refractivity contribution in [3.05, 3.63) is 70.9 Å². The van der Waals surface area contributed by atoms with Gasteiger partial charge in [0.1, 0.15) is 17.4 Å². The van der Waals surface area contributed by atoms with Crippen LogP contribution < -0.4 is 10.1 Å². The molecule has 27 heavy (non-hydrogen) atoms. The highest BCUT2D eigenvalue weighted by Gasteiger charge is 2.21. The van der Waals surface area contributed by atoms with Crippen LogP contribution in [0.25, 0.3) is 0 Å². The molecule has 1 amide bonds. The van der Waals surface area contributed by atoms with Crippen LogP contribution in [0.1, 0.15) is 19.4 Å². The van der Waals surface area contributed by atoms with E-state index in [2.05, 4.69) is 5.32 Å². The number of amides is 1. The molecule has 0 aliphatic carbocycles. The van der Waals surface area contributed by atoms with Crippen molar-refractivity contribution in [1.82, 2.24) is 4.90 Å². The number of carbonyl (C=O) groups is 1. The van der Waals surface area contributed by atoms with Crippen LogP contribution in [0.5, 0.6) is 5.75 Å². The quantitative estimate of drug-likeness (QED) is 0.560. The molecule has 0 fully saturated rings. The van der Waals surface area contributed by atoms with Gasteiger partial charge in [-0.15, -0.1) is 0 Å². The average Bonchev–Trinajstić information content (AvgIpc) is 2.67. The van der Waals surface area contributed by atoms with Crippen molar-refractivity contribution in [3.8, 4) is 11.8 Å². The number of ether oxygens (including phenoxy) is 1. The van der Waals surface area contributed by atoms with Crippen LogP contribution in [0.15, 0.2) is 60.3 Å². The highest BCUT2D eigenvalue weighted by atomic mass is 35.5. The third kappa shape index (κ3) is 5.50. The Hall–Kier alpha value is -2.97. The molecular weight excluding hydrogens is 362 g/mol. The Balaban J connectivity index is 2.23. The summed E-state index contributed by atoms with van der Waals surface area (Å²) in [6.07, 6.45) is 1.39. The lowest BCUT2D eigenvalue weighted by atomic mass is 10.1. The maximum absolute atomic E-state index is 12.9. The third-order valence-electron chi connectivity index (χ3n) is 3.96. The maximum atomic E-state index is 12.9. The number of hydrogen-bond acceptors (Lipinski definition) is 4. The Morgan fingerprint density at radius 1 is 1.30 bits per heavy atom. The molecule has 2 aromatic rings. The molecule has 1 N–H and O–H groups in total. The first kappa shape index (κ1) is 20.3. The summed E-state index contributed by atoms with van der Waals surface area (Å²) in [7, 11) is 1.54. The molecule has 0 bridgehead atoms. The van der Waals surface area contributed by atoms with Crippen molar-refractivity contribution in [2.24, 2.45) is 0 Å². The molecule has 0 aromatic heterocycles. The second-order valence-electron chi connectivity index (χ2n) is 6.17. The van der Waals surface area contributed by atoms with E-state index in [4.69, 9.17) is 16.3 Å². The third-order valence-corrected chi connectivity index (χ3v) is 4.20. The SMILES string of the molecule is COc1ccc(Cl)cc1N/C=C(/C#N)C(=O)N(Cc1ccccc1)C(C)C. The molecule has 5 nitrogen and oxygen atoms in total. The van der Waals surface area contributed by atoms with Gasteiger partial charge >= 0.3 is 0 Å². The zero-order valence-corrected chi connectivity index (χ0v) is 16.3. The van der Waals surface area contributed by atoms with Crippen LogP contribution in [0.2, 0.25) is 5.02 Å². The fourth-order valence-electron chi connectivity index (χ4n) is 2.51. The molecule has 0 aliphatic rings. The highest BCUT2D eigenvalue weighted by Crippen LogP contribution is 2.28. The van der Waals surface area contributed by atoms with Crippen molar-refractivity contribution in [2.45, 2.75) is 26.4 Å². The van der Waals surface area contributed by atoms with Crippen LogP contribution in [-0.2, 0) is 11.3 Å². The second kappa shape index (κ2) is 9.65. The van der Waals surface area contributed by atoms with Gasteiger partial charge in [0.2, 0.25) is 0 Å². The fourth-order valence-corrected chi connectivity index (χ4v) is 2.68. The van der Waals surface area contributed by atoms with Crippen LogP contribution >= 0.6 is 11.6 Å². The molecule has 0 aliphatic heterocycles. The summed E-state index contributed by atoms with van der Waals surface area (Å²) < 4.78 is 5.26. The minimum Gasteiger partial charge on any atom is -0.495 e. The first-order valence-electron chi connectivity index (χ1n) is 8.51. The number of anilines is 1. The van der Waals surface area contributed by atoms with E-state index < -0.39 is 0 Å². The number of benzene rings is 2. The van der Waals surface area contributed by atoms with E-state index in [1.807, 2.05) is 50.2 Å². The van der Waals surface area contributed by atoms with E-state index in [1.54, 1.807) is 23.1 Å². The lowest BCUT2D eigenvalue weighted by Crippen LogP contribution is -2.37. The Labute approximate surface area is 164 Å². The monoisotopic (exact) mass is 383 g/mol. The van der Waals surface area contributed by atoms with E-state index in [0.29, 0.717) is 23.0 Å². The van der Waals surface area contributed by atoms with Crippen molar-refractivity contribution >= 4 is 23.2 Å². The second-order valence-corrected chi connectivity index (χ2v) is 6.61. The van der Waals surface area contributed by atoms with E-state index in [-0.39, 0.29) is 17.5 Å². The van der Waals surface area contributed by atoms with Crippen molar-refractivity contribution in [2.75, 3.05) is 12.4 Å². The summed E-state index contributed by atoms with van der Waals surface area (Å²) in [5.41, 5.74) is 1.58. The molecule has 0 unspecified atom stereocenters. The highest BCUT2D eigenvalue weighted by molar-refractivity contribution is 6.30. The number of methoxy groups -OCH3 is 1. The van der Waals surface area contributed by atoms with Gasteiger partial charge in [-0.2, -0.15) is 5.26 Å². The number of hydrogen-bond donors (Lipinski definition) is 1. The molecule has 0 heterocycles. The van der Waals surface area contributed by atoms with Crippen LogP contribution in [-0.4, -0.2) is 24.0 Å². The van der Waals surface area contributed by atoms with Gasteiger partial charge < -0.3 is 15.0 Å². The van der Waals surface area contributed by atoms with Crippen molar-refractivity contribution in [3.63, 3.8) is 0 Å². The van der Waals surface area contributed by atoms with Crippen molar-refractivity contribution < 1.29 is 9.53 Å². The van der Waals surface area contributed by atoms with E-state index >= 15 is 0 Å². The van der Waals surface area contributed by atoms with Gasteiger partial charge in [0.05, 0.1) is 12.8 Å². The first-order chi connectivity index (χ1) is 13.0. The van der Waals surface area contributed by atoms with Crippen molar-refractivity contribution in [1.29, 1.82) is 5.26 Å². The first-order valence-corrected chi connectivity index (χ1v) is 8.89. The number of halogens is 1. The topological polar surface area (TPSA) is 65.4 Å². The Bertz CT molecular complexity index is 857. The minimum atomic E-state index is -0.343. The van der Waals surface area contributed by atoms with Crippen LogP contribution in [0.3, 0.4) is 0 Å². The summed E-state index contributed by atoms with van der Waals surface area (Å²) in [5.74, 6) is 0.218. The fraction of sp³-hybridized carbons (Fsp3) is 0.238. The molecule has 140 valence electrons. The molecule has 0 saturated heterocycles. The number of nitrogens with zero attached hydrogens (tertiary/aromatic N) is 2. The zero-order chi connectivity index (χ0) is 19.8. The van der Waals surface area contributed by atoms with Gasteiger partial charge in [-0.1, -0.05) is 41.9 Å². The summed E-state index contributed by atoms with van der Waals surface area (Å²) >= 11 is 6.01. The normalized spacial score (nSPS) is 11.0. The standard InChI is InChI=1S/C21H22ClN3O2/c1-15(2)25(14-16-7-5-4-6-8-16)21(26)17(12-23)13-24-19-11-18(22)9-10-20(19)27-3/h4-11,13,15,24H,14H2,1-3H3/b17-13-. The molecule has 6 heteroatoms. The summed E-state index contributed by atoms with van der Waals surface area (Å²) in [6, 6.07) is 16.7. The molecule has 0 radical (unpaired) electrons. The zero-order valence-electron chi connectivity index (χ0n) is 15.6. The van der Waals surface area contributed by atoms with Crippen LogP contribution in [0.4, 0.5) is 5.69 Å². The predicted octanol–water partition coefficient (Wildman–Crippen LogP) is 4.61. The number of nitriles is 1. The molecular formula is C21H22ClN3O2. The van der Waals surface area contributed by atoms with Gasteiger partial charge in [-0.25, -0.2) is 0 Å². The van der Waals surface area contributed by atoms with E-state index in [0.717, 1.165) is 5.56 Å². The molecule has 0 spiro atoms. The average molecular weight is 384 g/mol. The van der Waals surface area contributed by atoms with Gasteiger partial charge in [-0.3, -0.25) is 4.79 Å². The number of carbonyl (C=O) groups excluding carboxylic acids is 1. The smallest absolute Gasteiger partial charge is 0.266 e. The predicted molar refractivity (Wildman–Crippen MR) is 107 cm³/mol. The Morgan fingerprint density at radius 3 is 2.59 bits per heavy atom. The molecule has 2 rings (SSSR count). The number of nitrogens with one attached hydrogen (secondary N) is 1. The molecule has 0 saturated carbocycles. The lowest BCUT2D eigenvalue weighted by molar-refractivity contribution is -0.129. The Kier molecular flexibility index (Phi) is 7.27. The van der Waals surface area contributed by atoms with Gasteiger partial charge in [-0.05, 0) is 37.6 Å². The molecule has 0 atom stereocenters. The summed E-state index contributed by atoms with van der Waals surface area (Å²) in [5, 5.41) is 13.0. The Morgan fingerprint density at radius 2 is 2.00 bits per heavy atom. The van der Waals surface area contributed by atoms with Crippen LogP contribution in [0, 0.1) is 11.3 Å². The largest absolute Gasteiger partial charge is 0.495 e. The van der Waals surface area contributed by atoms with E-state index in [9.17, 15) is 10.1 Å². The maximum Gasteiger partial charge on any atom is 0.266 e. The molecule has 2 aromatic carbocycles. The minimum absolute atomic E-state index is 0.00154. The lowest BCUT2D eigenvalue weighted by Gasteiger charge is -2.26. The summed E-state index contributed by atoms with van der Waals surface area (Å²) in [4.78, 5) is 14.6. The van der Waals surface area contributed by atoms with E-state index in [1.165, 1.54) is 13.3 Å². The summed E-state index contributed by atoms with van der Waals surface area (Å²) in [6.45, 7) is 4.27.